The predicted molar refractivity (Wildman–Crippen MR) is 61.5 cm³/mol. The van der Waals surface area contributed by atoms with E-state index in [1.165, 1.54) is 0 Å². The molecule has 0 aliphatic heterocycles. The van der Waals surface area contributed by atoms with E-state index in [9.17, 15) is 0 Å². The van der Waals surface area contributed by atoms with Crippen LogP contribution in [-0.4, -0.2) is 11.4 Å². The lowest BCUT2D eigenvalue weighted by Gasteiger charge is -2.11. The van der Waals surface area contributed by atoms with E-state index in [0.717, 1.165) is 22.5 Å². The summed E-state index contributed by atoms with van der Waals surface area (Å²) in [7, 11) is 0. The van der Waals surface area contributed by atoms with Gasteiger partial charge in [-0.15, -0.1) is 0 Å². The van der Waals surface area contributed by atoms with E-state index in [-0.39, 0.29) is 0 Å². The topological polar surface area (TPSA) is 12.0 Å². The van der Waals surface area contributed by atoms with E-state index in [1.807, 2.05) is 24.3 Å². The monoisotopic (exact) mass is 261 g/mol. The van der Waals surface area contributed by atoms with E-state index in [2.05, 4.69) is 28.2 Å². The lowest BCUT2D eigenvalue weighted by molar-refractivity contribution is 0.598. The van der Waals surface area contributed by atoms with E-state index in [4.69, 9.17) is 11.6 Å². The summed E-state index contributed by atoms with van der Waals surface area (Å²) in [5.41, 5.74) is 1.15. The Bertz CT molecular complexity index is 265. The molecule has 1 rings (SSSR count). The van der Waals surface area contributed by atoms with Crippen LogP contribution in [0.25, 0.3) is 0 Å². The van der Waals surface area contributed by atoms with Gasteiger partial charge in [0.15, 0.2) is 0 Å². The molecule has 0 aliphatic rings. The largest absolute Gasteiger partial charge is 0.309 e. The number of alkyl halides is 1. The fourth-order valence-electron chi connectivity index (χ4n) is 0.981. The maximum Gasteiger partial charge on any atom is 0.0450 e. The zero-order valence-corrected chi connectivity index (χ0v) is 9.90. The first-order valence-electron chi connectivity index (χ1n) is 4.26. The molecule has 72 valence electrons. The Morgan fingerprint density at radius 3 is 2.77 bits per heavy atom. The third-order valence-electron chi connectivity index (χ3n) is 1.83. The molecule has 0 bridgehead atoms. The maximum absolute atomic E-state index is 6.00. The van der Waals surface area contributed by atoms with Gasteiger partial charge in [0.1, 0.15) is 0 Å². The summed E-state index contributed by atoms with van der Waals surface area (Å²) in [6, 6.07) is 8.37. The Kier molecular flexibility index (Phi) is 4.78. The molecule has 1 nitrogen and oxygen atoms in total. The maximum atomic E-state index is 6.00. The first-order chi connectivity index (χ1) is 6.24. The molecule has 0 radical (unpaired) electrons. The highest BCUT2D eigenvalue weighted by Gasteiger charge is 2.01. The van der Waals surface area contributed by atoms with E-state index >= 15 is 0 Å². The van der Waals surface area contributed by atoms with Crippen LogP contribution in [0.3, 0.4) is 0 Å². The molecule has 0 aliphatic carbocycles. The van der Waals surface area contributed by atoms with Crippen LogP contribution < -0.4 is 5.32 Å². The second-order valence-electron chi connectivity index (χ2n) is 3.03. The van der Waals surface area contributed by atoms with Crippen molar-refractivity contribution >= 4 is 27.5 Å². The molecular weight excluding hydrogens is 249 g/mol. The van der Waals surface area contributed by atoms with Gasteiger partial charge in [-0.2, -0.15) is 0 Å². The normalized spacial score (nSPS) is 12.8. The van der Waals surface area contributed by atoms with E-state index in [1.54, 1.807) is 0 Å². The molecule has 0 saturated carbocycles. The lowest BCUT2D eigenvalue weighted by atomic mass is 10.2. The Balaban J connectivity index is 2.50. The van der Waals surface area contributed by atoms with Gasteiger partial charge in [-0.25, -0.2) is 0 Å². The van der Waals surface area contributed by atoms with Crippen LogP contribution in [-0.2, 0) is 6.54 Å². The minimum Gasteiger partial charge on any atom is -0.309 e. The Hall–Kier alpha value is -0.0500. The summed E-state index contributed by atoms with van der Waals surface area (Å²) >= 11 is 9.41. The first kappa shape index (κ1) is 11.0. The van der Waals surface area contributed by atoms with Crippen LogP contribution in [0.15, 0.2) is 24.3 Å². The fourth-order valence-corrected chi connectivity index (χ4v) is 1.41. The molecule has 3 heteroatoms. The SMILES string of the molecule is CC(CBr)NCc1ccccc1Cl. The molecule has 1 unspecified atom stereocenters. The molecule has 0 fully saturated rings. The van der Waals surface area contributed by atoms with Crippen molar-refractivity contribution in [3.05, 3.63) is 34.9 Å². The third kappa shape index (κ3) is 3.67. The van der Waals surface area contributed by atoms with Gasteiger partial charge < -0.3 is 5.32 Å². The average Bonchev–Trinajstić information content (AvgIpc) is 2.16. The van der Waals surface area contributed by atoms with Crippen molar-refractivity contribution in [2.75, 3.05) is 5.33 Å². The zero-order chi connectivity index (χ0) is 9.68. The van der Waals surface area contributed by atoms with Crippen molar-refractivity contribution in [3.63, 3.8) is 0 Å². The van der Waals surface area contributed by atoms with Crippen LogP contribution in [0, 0.1) is 0 Å². The quantitative estimate of drug-likeness (QED) is 0.822. The van der Waals surface area contributed by atoms with Crippen molar-refractivity contribution in [3.8, 4) is 0 Å². The van der Waals surface area contributed by atoms with Gasteiger partial charge in [0.25, 0.3) is 0 Å². The van der Waals surface area contributed by atoms with Crippen molar-refractivity contribution in [1.82, 2.24) is 5.32 Å². The summed E-state index contributed by atoms with van der Waals surface area (Å²) in [4.78, 5) is 0. The molecule has 1 N–H and O–H groups in total. The van der Waals surface area contributed by atoms with Crippen LogP contribution in [0.2, 0.25) is 5.02 Å². The summed E-state index contributed by atoms with van der Waals surface area (Å²) < 4.78 is 0. The molecule has 0 heterocycles. The molecule has 0 saturated heterocycles. The number of nitrogens with one attached hydrogen (secondary N) is 1. The van der Waals surface area contributed by atoms with Gasteiger partial charge in [0.05, 0.1) is 0 Å². The second kappa shape index (κ2) is 5.63. The lowest BCUT2D eigenvalue weighted by Crippen LogP contribution is -2.26. The Morgan fingerprint density at radius 1 is 1.46 bits per heavy atom. The molecule has 0 spiro atoms. The molecule has 1 atom stereocenters. The van der Waals surface area contributed by atoms with Gasteiger partial charge in [0.2, 0.25) is 0 Å². The Labute approximate surface area is 92.6 Å². The molecular formula is C10H13BrClN. The van der Waals surface area contributed by atoms with Gasteiger partial charge in [-0.3, -0.25) is 0 Å². The average molecular weight is 263 g/mol. The summed E-state index contributed by atoms with van der Waals surface area (Å²) in [5, 5.41) is 5.14. The third-order valence-corrected chi connectivity index (χ3v) is 3.17. The van der Waals surface area contributed by atoms with Crippen LogP contribution in [0.5, 0.6) is 0 Å². The van der Waals surface area contributed by atoms with Crippen molar-refractivity contribution < 1.29 is 0 Å². The minimum absolute atomic E-state index is 0.469. The van der Waals surface area contributed by atoms with Gasteiger partial charge in [0, 0.05) is 22.9 Å². The highest BCUT2D eigenvalue weighted by Crippen LogP contribution is 2.14. The van der Waals surface area contributed by atoms with Gasteiger partial charge >= 0.3 is 0 Å². The highest BCUT2D eigenvalue weighted by molar-refractivity contribution is 9.09. The minimum atomic E-state index is 0.469. The summed E-state index contributed by atoms with van der Waals surface area (Å²) in [6.07, 6.45) is 0. The van der Waals surface area contributed by atoms with Gasteiger partial charge in [-0.1, -0.05) is 45.7 Å². The van der Waals surface area contributed by atoms with Crippen molar-refractivity contribution in [1.29, 1.82) is 0 Å². The number of benzene rings is 1. The first-order valence-corrected chi connectivity index (χ1v) is 5.76. The molecule has 1 aromatic carbocycles. The second-order valence-corrected chi connectivity index (χ2v) is 4.08. The highest BCUT2D eigenvalue weighted by atomic mass is 79.9. The van der Waals surface area contributed by atoms with Crippen molar-refractivity contribution in [2.45, 2.75) is 19.5 Å². The molecule has 1 aromatic rings. The van der Waals surface area contributed by atoms with Crippen LogP contribution in [0.4, 0.5) is 0 Å². The predicted octanol–water partition coefficient (Wildman–Crippen LogP) is 3.21. The molecule has 0 amide bonds. The van der Waals surface area contributed by atoms with Crippen molar-refractivity contribution in [2.24, 2.45) is 0 Å². The molecule has 13 heavy (non-hydrogen) atoms. The van der Waals surface area contributed by atoms with Gasteiger partial charge in [-0.05, 0) is 18.6 Å². The zero-order valence-electron chi connectivity index (χ0n) is 7.56. The van der Waals surface area contributed by atoms with Crippen LogP contribution >= 0.6 is 27.5 Å². The number of rotatable bonds is 4. The summed E-state index contributed by atoms with van der Waals surface area (Å²) in [6.45, 7) is 2.96. The van der Waals surface area contributed by atoms with E-state index < -0.39 is 0 Å². The van der Waals surface area contributed by atoms with Crippen LogP contribution in [0.1, 0.15) is 12.5 Å². The molecule has 0 aromatic heterocycles. The standard InChI is InChI=1S/C10H13BrClN/c1-8(6-11)13-7-9-4-2-3-5-10(9)12/h2-5,8,13H,6-7H2,1H3. The smallest absolute Gasteiger partial charge is 0.0450 e. The number of hydrogen-bond acceptors (Lipinski definition) is 1. The Morgan fingerprint density at radius 2 is 2.15 bits per heavy atom. The van der Waals surface area contributed by atoms with E-state index in [0.29, 0.717) is 6.04 Å². The summed E-state index contributed by atoms with van der Waals surface area (Å²) in [5.74, 6) is 0. The number of halogens is 2. The number of hydrogen-bond donors (Lipinski definition) is 1. The fraction of sp³-hybridized carbons (Fsp3) is 0.400.